The van der Waals surface area contributed by atoms with E-state index >= 15 is 0 Å². The summed E-state index contributed by atoms with van der Waals surface area (Å²) in [7, 11) is 0. The number of aromatic amines is 1. The Hall–Kier alpha value is -2.61. The molecule has 1 aromatic carbocycles. The van der Waals surface area contributed by atoms with E-state index in [2.05, 4.69) is 22.5 Å². The van der Waals surface area contributed by atoms with E-state index in [0.29, 0.717) is 6.42 Å². The third kappa shape index (κ3) is 11.7. The van der Waals surface area contributed by atoms with Crippen LogP contribution in [0.2, 0.25) is 0 Å². The van der Waals surface area contributed by atoms with Gasteiger partial charge in [-0.25, -0.2) is 9.55 Å². The number of imidazole rings is 1. The number of carboxylic acid groups (broad SMARTS) is 1. The largest absolute Gasteiger partial charge is 0.545 e. The number of carbonyl (C=O) groups excluding carboxylic acids is 1. The van der Waals surface area contributed by atoms with Gasteiger partial charge >= 0.3 is 0 Å². The Bertz CT molecular complexity index is 704. The van der Waals surface area contributed by atoms with Crippen molar-refractivity contribution in [2.24, 2.45) is 0 Å². The fourth-order valence-corrected chi connectivity index (χ4v) is 3.17. The predicted molar refractivity (Wildman–Crippen MR) is 113 cm³/mol. The Morgan fingerprint density at radius 3 is 2.21 bits per heavy atom. The molecular weight excluding hydrogens is 362 g/mol. The fraction of sp³-hybridized carbons (Fsp3) is 0.542. The van der Waals surface area contributed by atoms with Gasteiger partial charge in [0.25, 0.3) is 5.82 Å². The number of aryl methyl sites for hydroxylation is 2. The van der Waals surface area contributed by atoms with Gasteiger partial charge in [0.1, 0.15) is 18.9 Å². The summed E-state index contributed by atoms with van der Waals surface area (Å²) >= 11 is 0. The zero-order valence-electron chi connectivity index (χ0n) is 17.7. The van der Waals surface area contributed by atoms with Crippen LogP contribution in [0.15, 0.2) is 42.7 Å². The summed E-state index contributed by atoms with van der Waals surface area (Å²) in [5, 5.41) is 18.7. The number of H-pyrrole nitrogens is 1. The molecule has 0 fully saturated rings. The number of nitrogens with zero attached hydrogens (tertiary/aromatic N) is 2. The van der Waals surface area contributed by atoms with Crippen molar-refractivity contribution in [3.05, 3.63) is 54.1 Å². The Labute approximate surface area is 175 Å². The number of hydrogen-bond acceptors (Lipinski definition) is 3. The van der Waals surface area contributed by atoms with Crippen LogP contribution in [-0.4, -0.2) is 11.0 Å². The Morgan fingerprint density at radius 1 is 1.03 bits per heavy atom. The van der Waals surface area contributed by atoms with E-state index in [4.69, 9.17) is 5.26 Å². The van der Waals surface area contributed by atoms with Crippen LogP contribution >= 0.6 is 0 Å². The van der Waals surface area contributed by atoms with Gasteiger partial charge in [0.2, 0.25) is 0 Å². The molecule has 0 radical (unpaired) electrons. The van der Waals surface area contributed by atoms with Crippen molar-refractivity contribution in [1.82, 2.24) is 4.98 Å². The van der Waals surface area contributed by atoms with Crippen molar-refractivity contribution >= 4 is 5.97 Å². The number of carbonyl (C=O) groups is 1. The number of rotatable bonds is 13. The normalized spacial score (nSPS) is 10.1. The molecule has 5 nitrogen and oxygen atoms in total. The van der Waals surface area contributed by atoms with E-state index < -0.39 is 5.97 Å². The highest BCUT2D eigenvalue weighted by atomic mass is 16.4. The standard InChI is InChI=1S/C17H29N3.C7H6O2/c1-2-3-4-5-6-7-8-9-10-12-17-19-14-16-20(17)15-11-13-18;8-7(9)6-4-2-1-3-5-6/h14,16H,2-12,15H2,1H3;1-5H,(H,8,9). The average Bonchev–Trinajstić information content (AvgIpc) is 3.19. The molecule has 0 atom stereocenters. The summed E-state index contributed by atoms with van der Waals surface area (Å²) in [5.74, 6) is 0.138. The number of aromatic nitrogens is 2. The Morgan fingerprint density at radius 2 is 1.66 bits per heavy atom. The number of aromatic carboxylic acids is 1. The van der Waals surface area contributed by atoms with E-state index in [9.17, 15) is 9.90 Å². The van der Waals surface area contributed by atoms with E-state index in [0.717, 1.165) is 13.0 Å². The molecule has 0 aliphatic rings. The van der Waals surface area contributed by atoms with E-state index in [1.54, 1.807) is 18.2 Å². The summed E-state index contributed by atoms with van der Waals surface area (Å²) in [6.45, 7) is 3.08. The molecule has 0 amide bonds. The van der Waals surface area contributed by atoms with Gasteiger partial charge in [-0.1, -0.05) is 88.6 Å². The number of hydrogen-bond donors (Lipinski definition) is 1. The zero-order valence-corrected chi connectivity index (χ0v) is 17.7. The Balaban J connectivity index is 0.000000387. The lowest BCUT2D eigenvalue weighted by atomic mass is 10.1. The minimum atomic E-state index is -1.13. The fourth-order valence-electron chi connectivity index (χ4n) is 3.17. The summed E-state index contributed by atoms with van der Waals surface area (Å²) < 4.78 is 2.17. The number of unbranched alkanes of at least 4 members (excludes halogenated alkanes) is 8. The van der Waals surface area contributed by atoms with Crippen molar-refractivity contribution in [2.45, 2.75) is 84.1 Å². The lowest BCUT2D eigenvalue weighted by Gasteiger charge is -2.01. The molecule has 158 valence electrons. The highest BCUT2D eigenvalue weighted by Gasteiger charge is 2.09. The maximum absolute atomic E-state index is 10.1. The van der Waals surface area contributed by atoms with Crippen molar-refractivity contribution < 1.29 is 14.5 Å². The third-order valence-corrected chi connectivity index (χ3v) is 4.84. The maximum Gasteiger partial charge on any atom is 0.254 e. The van der Waals surface area contributed by atoms with Gasteiger partial charge in [-0.2, -0.15) is 5.26 Å². The molecule has 2 aromatic rings. The van der Waals surface area contributed by atoms with Crippen LogP contribution in [0.1, 0.15) is 87.3 Å². The third-order valence-electron chi connectivity index (χ3n) is 4.84. The topological polar surface area (TPSA) is 83.6 Å². The quantitative estimate of drug-likeness (QED) is 0.403. The monoisotopic (exact) mass is 397 g/mol. The van der Waals surface area contributed by atoms with E-state index in [1.807, 2.05) is 12.4 Å². The van der Waals surface area contributed by atoms with Crippen molar-refractivity contribution in [3.63, 3.8) is 0 Å². The lowest BCUT2D eigenvalue weighted by molar-refractivity contribution is -0.701. The van der Waals surface area contributed by atoms with Crippen LogP contribution in [0.4, 0.5) is 0 Å². The molecule has 29 heavy (non-hydrogen) atoms. The average molecular weight is 398 g/mol. The van der Waals surface area contributed by atoms with Gasteiger partial charge in [-0.15, -0.1) is 0 Å². The van der Waals surface area contributed by atoms with Gasteiger partial charge in [-0.05, 0) is 12.0 Å². The lowest BCUT2D eigenvalue weighted by Crippen LogP contribution is -2.35. The second-order valence-electron chi connectivity index (χ2n) is 7.24. The van der Waals surface area contributed by atoms with E-state index in [1.165, 1.54) is 75.7 Å². The highest BCUT2D eigenvalue weighted by molar-refractivity contribution is 5.85. The van der Waals surface area contributed by atoms with Gasteiger partial charge < -0.3 is 9.90 Å². The van der Waals surface area contributed by atoms with Crippen LogP contribution < -0.4 is 9.67 Å². The van der Waals surface area contributed by atoms with Crippen LogP contribution in [0.25, 0.3) is 0 Å². The first-order chi connectivity index (χ1) is 14.2. The zero-order chi connectivity index (χ0) is 21.2. The molecular formula is C24H35N3O2. The van der Waals surface area contributed by atoms with Crippen LogP contribution in [-0.2, 0) is 13.0 Å². The molecule has 1 N–H and O–H groups in total. The molecule has 0 aliphatic heterocycles. The van der Waals surface area contributed by atoms with Gasteiger partial charge in [0, 0.05) is 6.42 Å². The smallest absolute Gasteiger partial charge is 0.254 e. The van der Waals surface area contributed by atoms with Crippen molar-refractivity contribution in [2.75, 3.05) is 0 Å². The molecule has 0 aliphatic carbocycles. The van der Waals surface area contributed by atoms with Crippen LogP contribution in [0.3, 0.4) is 0 Å². The van der Waals surface area contributed by atoms with Gasteiger partial charge in [-0.3, -0.25) is 0 Å². The minimum Gasteiger partial charge on any atom is -0.545 e. The first-order valence-corrected chi connectivity index (χ1v) is 10.9. The first kappa shape index (κ1) is 24.4. The highest BCUT2D eigenvalue weighted by Crippen LogP contribution is 2.10. The molecule has 1 heterocycles. The molecule has 0 bridgehead atoms. The number of carboxylic acids is 1. The van der Waals surface area contributed by atoms with Crippen LogP contribution in [0, 0.1) is 11.3 Å². The first-order valence-electron chi connectivity index (χ1n) is 10.9. The molecule has 2 rings (SSSR count). The van der Waals surface area contributed by atoms with Gasteiger partial charge in [0.15, 0.2) is 0 Å². The predicted octanol–water partition coefficient (Wildman–Crippen LogP) is 4.34. The number of nitriles is 1. The summed E-state index contributed by atoms with van der Waals surface area (Å²) in [6, 6.07) is 10.3. The Kier molecular flexibility index (Phi) is 13.8. The summed E-state index contributed by atoms with van der Waals surface area (Å²) in [4.78, 5) is 13.4. The van der Waals surface area contributed by atoms with Crippen LogP contribution in [0.5, 0.6) is 0 Å². The second kappa shape index (κ2) is 16.4. The van der Waals surface area contributed by atoms with Crippen molar-refractivity contribution in [1.29, 1.82) is 5.26 Å². The maximum atomic E-state index is 10.1. The molecule has 5 heteroatoms. The number of nitrogens with one attached hydrogen (secondary N) is 1. The SMILES string of the molecule is CCCCCCCCCCCc1[nH]cc[n+]1CCC#N.O=C([O-])c1ccccc1. The van der Waals surface area contributed by atoms with E-state index in [-0.39, 0.29) is 5.56 Å². The van der Waals surface area contributed by atoms with Gasteiger partial charge in [0.05, 0.1) is 18.5 Å². The summed E-state index contributed by atoms with van der Waals surface area (Å²) in [6.07, 6.45) is 18.0. The second-order valence-corrected chi connectivity index (χ2v) is 7.24. The summed E-state index contributed by atoms with van der Waals surface area (Å²) in [5.41, 5.74) is 0.220. The number of benzene rings is 1. The molecule has 0 saturated carbocycles. The molecule has 0 spiro atoms. The minimum absolute atomic E-state index is 0.220. The molecule has 0 unspecified atom stereocenters. The molecule has 1 aromatic heterocycles. The van der Waals surface area contributed by atoms with Crippen molar-refractivity contribution in [3.8, 4) is 6.07 Å². The molecule has 0 saturated heterocycles.